The summed E-state index contributed by atoms with van der Waals surface area (Å²) in [7, 11) is 1.56. The van der Waals surface area contributed by atoms with Gasteiger partial charge in [-0.2, -0.15) is 13.2 Å². The number of fused-ring (bicyclic) bond motifs is 1. The molecule has 0 saturated carbocycles. The van der Waals surface area contributed by atoms with Gasteiger partial charge in [-0.05, 0) is 53.9 Å². The minimum Gasteiger partial charge on any atom is -0.383 e. The third kappa shape index (κ3) is 5.83. The lowest BCUT2D eigenvalue weighted by Crippen LogP contribution is -2.27. The summed E-state index contributed by atoms with van der Waals surface area (Å²) in [5.41, 5.74) is 3.25. The summed E-state index contributed by atoms with van der Waals surface area (Å²) in [4.78, 5) is 17.1. The number of halogens is 4. The van der Waals surface area contributed by atoms with E-state index in [9.17, 15) is 18.0 Å². The van der Waals surface area contributed by atoms with Gasteiger partial charge in [-0.25, -0.2) is 4.98 Å². The maximum absolute atomic E-state index is 13.2. The molecule has 0 aliphatic heterocycles. The maximum Gasteiger partial charge on any atom is 0.416 e. The molecule has 4 aromatic rings. The molecule has 0 spiro atoms. The molecule has 2 heterocycles. The van der Waals surface area contributed by atoms with Crippen molar-refractivity contribution in [2.75, 3.05) is 20.3 Å². The number of imidazole rings is 1. The number of methoxy groups -OCH3 is 1. The monoisotopic (exact) mass is 501 g/mol. The van der Waals surface area contributed by atoms with Crippen LogP contribution in [0.4, 0.5) is 13.2 Å². The molecule has 0 aliphatic rings. The average molecular weight is 502 g/mol. The fraction of sp³-hybridized carbons (Fsp3) is 0.231. The topological polar surface area (TPSA) is 55.6 Å². The molecule has 9 heteroatoms. The smallest absolute Gasteiger partial charge is 0.383 e. The van der Waals surface area contributed by atoms with Gasteiger partial charge in [0.1, 0.15) is 5.65 Å². The SMILES string of the molecule is COCCNC(=O)CCc1c(-c2ccc(Cl)cc2)nc2ccc(-c3cccc(C(F)(F)F)c3)cn12. The van der Waals surface area contributed by atoms with E-state index in [1.54, 1.807) is 43.6 Å². The van der Waals surface area contributed by atoms with Crippen LogP contribution >= 0.6 is 11.6 Å². The number of carbonyl (C=O) groups excluding carboxylic acids is 1. The highest BCUT2D eigenvalue weighted by Gasteiger charge is 2.30. The van der Waals surface area contributed by atoms with Gasteiger partial charge in [0.05, 0.1) is 23.6 Å². The van der Waals surface area contributed by atoms with E-state index in [0.717, 1.165) is 23.4 Å². The number of carbonyl (C=O) groups is 1. The van der Waals surface area contributed by atoms with Gasteiger partial charge in [0.25, 0.3) is 0 Å². The van der Waals surface area contributed by atoms with Crippen LogP contribution in [0.25, 0.3) is 28.0 Å². The van der Waals surface area contributed by atoms with Crippen molar-refractivity contribution in [2.24, 2.45) is 0 Å². The quantitative estimate of drug-likeness (QED) is 0.300. The molecular formula is C26H23ClF3N3O2. The summed E-state index contributed by atoms with van der Waals surface area (Å²) in [6, 6.07) is 15.9. The van der Waals surface area contributed by atoms with E-state index in [4.69, 9.17) is 21.3 Å². The predicted octanol–water partition coefficient (Wildman–Crippen LogP) is 6.04. The number of amides is 1. The molecule has 2 aromatic heterocycles. The molecule has 182 valence electrons. The number of nitrogens with zero attached hydrogens (tertiary/aromatic N) is 2. The van der Waals surface area contributed by atoms with Crippen LogP contribution in [0.15, 0.2) is 66.9 Å². The van der Waals surface area contributed by atoms with Gasteiger partial charge in [0.2, 0.25) is 5.91 Å². The lowest BCUT2D eigenvalue weighted by molar-refractivity contribution is -0.137. The molecule has 35 heavy (non-hydrogen) atoms. The van der Waals surface area contributed by atoms with E-state index in [1.165, 1.54) is 6.07 Å². The zero-order valence-corrected chi connectivity index (χ0v) is 19.7. The molecule has 2 aromatic carbocycles. The molecule has 1 N–H and O–H groups in total. The van der Waals surface area contributed by atoms with E-state index in [-0.39, 0.29) is 12.3 Å². The molecule has 5 nitrogen and oxygen atoms in total. The highest BCUT2D eigenvalue weighted by molar-refractivity contribution is 6.30. The summed E-state index contributed by atoms with van der Waals surface area (Å²) in [6.07, 6.45) is -2.08. The second kappa shape index (κ2) is 10.5. The van der Waals surface area contributed by atoms with Crippen molar-refractivity contribution in [1.82, 2.24) is 14.7 Å². The normalized spacial score (nSPS) is 11.7. The summed E-state index contributed by atoms with van der Waals surface area (Å²) < 4.78 is 46.5. The molecule has 0 aliphatic carbocycles. The number of benzene rings is 2. The van der Waals surface area contributed by atoms with Gasteiger partial charge in [-0.3, -0.25) is 4.79 Å². The molecular weight excluding hydrogens is 479 g/mol. The third-order valence-corrected chi connectivity index (χ3v) is 5.83. The van der Waals surface area contributed by atoms with E-state index in [1.807, 2.05) is 16.5 Å². The number of hydrogen-bond acceptors (Lipinski definition) is 3. The second-order valence-electron chi connectivity index (χ2n) is 7.98. The van der Waals surface area contributed by atoms with Crippen LogP contribution in [0.2, 0.25) is 5.02 Å². The Morgan fingerprint density at radius 1 is 1.06 bits per heavy atom. The van der Waals surface area contributed by atoms with Crippen molar-refractivity contribution in [2.45, 2.75) is 19.0 Å². The fourth-order valence-corrected chi connectivity index (χ4v) is 3.96. The van der Waals surface area contributed by atoms with Gasteiger partial charge in [-0.15, -0.1) is 0 Å². The van der Waals surface area contributed by atoms with Crippen molar-refractivity contribution in [3.8, 4) is 22.4 Å². The van der Waals surface area contributed by atoms with Gasteiger partial charge in [-0.1, -0.05) is 35.9 Å². The summed E-state index contributed by atoms with van der Waals surface area (Å²) >= 11 is 6.05. The van der Waals surface area contributed by atoms with Crippen LogP contribution < -0.4 is 5.32 Å². The van der Waals surface area contributed by atoms with E-state index in [2.05, 4.69) is 5.32 Å². The van der Waals surface area contributed by atoms with Crippen molar-refractivity contribution >= 4 is 23.2 Å². The molecule has 0 radical (unpaired) electrons. The van der Waals surface area contributed by atoms with Crippen molar-refractivity contribution in [1.29, 1.82) is 0 Å². The standard InChI is InChI=1S/C26H23ClF3N3O2/c1-35-14-13-31-24(34)12-10-22-25(17-5-8-21(27)9-6-17)32-23-11-7-19(16-33(22)23)18-3-2-4-20(15-18)26(28,29)30/h2-9,11,15-16H,10,12-14H2,1H3,(H,31,34). The Morgan fingerprint density at radius 3 is 2.51 bits per heavy atom. The molecule has 4 rings (SSSR count). The number of hydrogen-bond donors (Lipinski definition) is 1. The van der Waals surface area contributed by atoms with Crippen molar-refractivity contribution in [3.05, 3.63) is 83.1 Å². The fourth-order valence-electron chi connectivity index (χ4n) is 3.83. The Morgan fingerprint density at radius 2 is 1.80 bits per heavy atom. The lowest BCUT2D eigenvalue weighted by Gasteiger charge is -2.10. The van der Waals surface area contributed by atoms with Crippen LogP contribution in [-0.4, -0.2) is 35.6 Å². The Bertz CT molecular complexity index is 1330. The Labute approximate surface area is 205 Å². The molecule has 1 amide bonds. The third-order valence-electron chi connectivity index (χ3n) is 5.58. The first-order valence-corrected chi connectivity index (χ1v) is 11.3. The van der Waals surface area contributed by atoms with Gasteiger partial charge in [0, 0.05) is 36.9 Å². The zero-order chi connectivity index (χ0) is 25.0. The molecule has 0 unspecified atom stereocenters. The van der Waals surface area contributed by atoms with Gasteiger partial charge in [0.15, 0.2) is 0 Å². The second-order valence-corrected chi connectivity index (χ2v) is 8.42. The van der Waals surface area contributed by atoms with E-state index < -0.39 is 11.7 Å². The van der Waals surface area contributed by atoms with Crippen LogP contribution in [0, 0.1) is 0 Å². The first-order chi connectivity index (χ1) is 16.8. The number of ether oxygens (including phenoxy) is 1. The van der Waals surface area contributed by atoms with Crippen LogP contribution in [0.1, 0.15) is 17.7 Å². The number of aromatic nitrogens is 2. The minimum absolute atomic E-state index is 0.131. The maximum atomic E-state index is 13.2. The van der Waals surface area contributed by atoms with Crippen LogP contribution in [-0.2, 0) is 22.1 Å². The van der Waals surface area contributed by atoms with Crippen molar-refractivity contribution in [3.63, 3.8) is 0 Å². The molecule has 0 bridgehead atoms. The zero-order valence-electron chi connectivity index (χ0n) is 18.9. The molecule has 0 fully saturated rings. The van der Waals surface area contributed by atoms with Crippen molar-refractivity contribution < 1.29 is 22.7 Å². The number of alkyl halides is 3. The van der Waals surface area contributed by atoms with Crippen LogP contribution in [0.3, 0.4) is 0 Å². The number of nitrogens with one attached hydrogen (secondary N) is 1. The largest absolute Gasteiger partial charge is 0.416 e. The summed E-state index contributed by atoms with van der Waals surface area (Å²) in [5.74, 6) is -0.131. The molecule has 0 atom stereocenters. The first-order valence-electron chi connectivity index (χ1n) is 11.0. The average Bonchev–Trinajstić information content (AvgIpc) is 3.20. The number of pyridine rings is 1. The van der Waals surface area contributed by atoms with E-state index >= 15 is 0 Å². The highest BCUT2D eigenvalue weighted by atomic mass is 35.5. The minimum atomic E-state index is -4.43. The predicted molar refractivity (Wildman–Crippen MR) is 129 cm³/mol. The Kier molecular flexibility index (Phi) is 7.42. The Balaban J connectivity index is 1.74. The first kappa shape index (κ1) is 24.8. The van der Waals surface area contributed by atoms with Gasteiger partial charge >= 0.3 is 6.18 Å². The van der Waals surface area contributed by atoms with Gasteiger partial charge < -0.3 is 14.5 Å². The Hall–Kier alpha value is -3.36. The number of rotatable bonds is 8. The van der Waals surface area contributed by atoms with Crippen LogP contribution in [0.5, 0.6) is 0 Å². The number of aryl methyl sites for hydroxylation is 1. The lowest BCUT2D eigenvalue weighted by atomic mass is 10.0. The molecule has 0 saturated heterocycles. The summed E-state index contributed by atoms with van der Waals surface area (Å²) in [5, 5.41) is 3.39. The highest BCUT2D eigenvalue weighted by Crippen LogP contribution is 2.33. The van der Waals surface area contributed by atoms with E-state index in [0.29, 0.717) is 47.1 Å². The summed E-state index contributed by atoms with van der Waals surface area (Å²) in [6.45, 7) is 0.823.